The van der Waals surface area contributed by atoms with Crippen LogP contribution in [0.25, 0.3) is 0 Å². The van der Waals surface area contributed by atoms with Crippen molar-refractivity contribution in [3.05, 3.63) is 16.8 Å². The molecule has 1 aliphatic heterocycles. The molecule has 0 radical (unpaired) electrons. The molecule has 2 heterocycles. The van der Waals surface area contributed by atoms with E-state index in [2.05, 4.69) is 21.6 Å². The number of hydrogen-bond acceptors (Lipinski definition) is 6. The van der Waals surface area contributed by atoms with Gasteiger partial charge in [-0.05, 0) is 24.8 Å². The molecular weight excluding hydrogens is 266 g/mol. The highest BCUT2D eigenvalue weighted by molar-refractivity contribution is 5.57. The van der Waals surface area contributed by atoms with Crippen molar-refractivity contribution >= 4 is 5.82 Å². The Hall–Kier alpha value is -1.71. The Morgan fingerprint density at radius 1 is 1.38 bits per heavy atom. The van der Waals surface area contributed by atoms with Gasteiger partial charge in [0.15, 0.2) is 5.82 Å². The van der Waals surface area contributed by atoms with E-state index in [0.717, 1.165) is 37.1 Å². The SMILES string of the molecule is CCc1nnc(NC2C(N)C3CCOC32)c(C#N)c1CC. The Morgan fingerprint density at radius 2 is 2.19 bits per heavy atom. The molecular formula is C15H21N5O. The van der Waals surface area contributed by atoms with Crippen molar-refractivity contribution < 1.29 is 4.74 Å². The van der Waals surface area contributed by atoms with Gasteiger partial charge in [0, 0.05) is 18.6 Å². The van der Waals surface area contributed by atoms with Crippen LogP contribution in [0.1, 0.15) is 37.1 Å². The number of rotatable bonds is 4. The van der Waals surface area contributed by atoms with Crippen LogP contribution in [0.4, 0.5) is 5.82 Å². The molecule has 4 unspecified atom stereocenters. The van der Waals surface area contributed by atoms with Gasteiger partial charge in [-0.2, -0.15) is 10.4 Å². The summed E-state index contributed by atoms with van der Waals surface area (Å²) in [6.45, 7) is 4.83. The number of hydrogen-bond donors (Lipinski definition) is 2. The van der Waals surface area contributed by atoms with Gasteiger partial charge >= 0.3 is 0 Å². The predicted octanol–water partition coefficient (Wildman–Crippen LogP) is 1.000. The van der Waals surface area contributed by atoms with Gasteiger partial charge in [0.05, 0.1) is 17.8 Å². The summed E-state index contributed by atoms with van der Waals surface area (Å²) >= 11 is 0. The zero-order valence-electron chi connectivity index (χ0n) is 12.5. The summed E-state index contributed by atoms with van der Waals surface area (Å²) in [7, 11) is 0. The van der Waals surface area contributed by atoms with Crippen molar-refractivity contribution in [3.63, 3.8) is 0 Å². The van der Waals surface area contributed by atoms with E-state index >= 15 is 0 Å². The number of aromatic nitrogens is 2. The van der Waals surface area contributed by atoms with Crippen LogP contribution in [0.15, 0.2) is 0 Å². The summed E-state index contributed by atoms with van der Waals surface area (Å²) in [5.41, 5.74) is 8.67. The highest BCUT2D eigenvalue weighted by Gasteiger charge is 2.52. The first-order chi connectivity index (χ1) is 10.2. The van der Waals surface area contributed by atoms with Gasteiger partial charge in [0.2, 0.25) is 0 Å². The fraction of sp³-hybridized carbons (Fsp3) is 0.667. The summed E-state index contributed by atoms with van der Waals surface area (Å²) in [6, 6.07) is 2.35. The van der Waals surface area contributed by atoms with Gasteiger partial charge < -0.3 is 15.8 Å². The van der Waals surface area contributed by atoms with Gasteiger partial charge in [0.1, 0.15) is 11.6 Å². The van der Waals surface area contributed by atoms with E-state index in [9.17, 15) is 5.26 Å². The van der Waals surface area contributed by atoms with Crippen molar-refractivity contribution in [2.24, 2.45) is 11.7 Å². The number of anilines is 1. The number of aryl methyl sites for hydroxylation is 1. The number of nitrogens with zero attached hydrogens (tertiary/aromatic N) is 3. The lowest BCUT2D eigenvalue weighted by molar-refractivity contribution is 0.00520. The quantitative estimate of drug-likeness (QED) is 0.857. The average Bonchev–Trinajstić information content (AvgIpc) is 2.96. The van der Waals surface area contributed by atoms with Crippen molar-refractivity contribution in [1.82, 2.24) is 10.2 Å². The molecule has 6 nitrogen and oxygen atoms in total. The molecule has 4 atom stereocenters. The first-order valence-electron chi connectivity index (χ1n) is 7.63. The topological polar surface area (TPSA) is 96.8 Å². The van der Waals surface area contributed by atoms with Crippen molar-refractivity contribution in [1.29, 1.82) is 5.26 Å². The molecule has 0 amide bonds. The van der Waals surface area contributed by atoms with E-state index in [4.69, 9.17) is 10.5 Å². The Balaban J connectivity index is 1.87. The Morgan fingerprint density at radius 3 is 2.86 bits per heavy atom. The fourth-order valence-corrected chi connectivity index (χ4v) is 3.48. The Bertz CT molecular complexity index is 582. The summed E-state index contributed by atoms with van der Waals surface area (Å²) in [5, 5.41) is 21.2. The average molecular weight is 287 g/mol. The van der Waals surface area contributed by atoms with Gasteiger partial charge in [-0.3, -0.25) is 0 Å². The second-order valence-corrected chi connectivity index (χ2v) is 5.70. The van der Waals surface area contributed by atoms with Crippen LogP contribution in [0.3, 0.4) is 0 Å². The van der Waals surface area contributed by atoms with Gasteiger partial charge in [-0.25, -0.2) is 0 Å². The molecule has 1 saturated carbocycles. The maximum absolute atomic E-state index is 9.49. The molecule has 0 aromatic carbocycles. The van der Waals surface area contributed by atoms with Crippen LogP contribution < -0.4 is 11.1 Å². The van der Waals surface area contributed by atoms with E-state index < -0.39 is 0 Å². The Kier molecular flexibility index (Phi) is 3.79. The molecule has 1 saturated heterocycles. The first kappa shape index (κ1) is 14.2. The molecule has 2 fully saturated rings. The molecule has 1 aliphatic carbocycles. The number of fused-ring (bicyclic) bond motifs is 1. The third-order valence-electron chi connectivity index (χ3n) is 4.71. The zero-order valence-corrected chi connectivity index (χ0v) is 12.5. The van der Waals surface area contributed by atoms with E-state index in [-0.39, 0.29) is 18.2 Å². The van der Waals surface area contributed by atoms with Gasteiger partial charge in [0.25, 0.3) is 0 Å². The standard InChI is InChI=1S/C15H21N5O/c1-3-8-10(7-16)15(20-19-11(8)4-2)18-13-12(17)9-5-6-21-14(9)13/h9,12-14H,3-6,17H2,1-2H3,(H,18,20). The third kappa shape index (κ3) is 2.17. The minimum absolute atomic E-state index is 0.0242. The van der Waals surface area contributed by atoms with Crippen LogP contribution in [0, 0.1) is 17.2 Å². The lowest BCUT2D eigenvalue weighted by Gasteiger charge is -2.45. The second kappa shape index (κ2) is 5.58. The smallest absolute Gasteiger partial charge is 0.167 e. The molecule has 3 N–H and O–H groups in total. The fourth-order valence-electron chi connectivity index (χ4n) is 3.48. The van der Waals surface area contributed by atoms with Gasteiger partial charge in [-0.15, -0.1) is 5.10 Å². The maximum atomic E-state index is 9.49. The molecule has 0 bridgehead atoms. The van der Waals surface area contributed by atoms with E-state index in [1.807, 2.05) is 13.8 Å². The normalized spacial score (nSPS) is 30.4. The number of nitrogens with two attached hydrogens (primary N) is 1. The highest BCUT2D eigenvalue weighted by atomic mass is 16.5. The monoisotopic (exact) mass is 287 g/mol. The summed E-state index contributed by atoms with van der Waals surface area (Å²) in [5.74, 6) is 0.975. The van der Waals surface area contributed by atoms with Crippen LogP contribution in [0.2, 0.25) is 0 Å². The molecule has 0 spiro atoms. The molecule has 2 aliphatic rings. The Labute approximate surface area is 124 Å². The molecule has 1 aromatic heterocycles. The summed E-state index contributed by atoms with van der Waals surface area (Å²) < 4.78 is 5.71. The minimum atomic E-state index is 0.0242. The number of ether oxygens (including phenoxy) is 1. The number of nitriles is 1. The van der Waals surface area contributed by atoms with Crippen LogP contribution in [-0.2, 0) is 17.6 Å². The van der Waals surface area contributed by atoms with E-state index in [1.54, 1.807) is 0 Å². The molecule has 6 heteroatoms. The molecule has 21 heavy (non-hydrogen) atoms. The van der Waals surface area contributed by atoms with E-state index in [0.29, 0.717) is 17.3 Å². The number of nitrogens with one attached hydrogen (secondary N) is 1. The molecule has 1 aromatic rings. The van der Waals surface area contributed by atoms with Crippen molar-refractivity contribution in [3.8, 4) is 6.07 Å². The highest BCUT2D eigenvalue weighted by Crippen LogP contribution is 2.39. The lowest BCUT2D eigenvalue weighted by atomic mass is 9.72. The minimum Gasteiger partial charge on any atom is -0.376 e. The van der Waals surface area contributed by atoms with Crippen LogP contribution in [-0.4, -0.2) is 35.0 Å². The van der Waals surface area contributed by atoms with E-state index in [1.165, 1.54) is 0 Å². The lowest BCUT2D eigenvalue weighted by Crippen LogP contribution is -2.65. The largest absolute Gasteiger partial charge is 0.376 e. The second-order valence-electron chi connectivity index (χ2n) is 5.70. The predicted molar refractivity (Wildman–Crippen MR) is 78.7 cm³/mol. The van der Waals surface area contributed by atoms with Gasteiger partial charge in [-0.1, -0.05) is 13.8 Å². The first-order valence-corrected chi connectivity index (χ1v) is 7.63. The summed E-state index contributed by atoms with van der Waals surface area (Å²) in [4.78, 5) is 0. The maximum Gasteiger partial charge on any atom is 0.167 e. The zero-order chi connectivity index (χ0) is 15.0. The molecule has 112 valence electrons. The van der Waals surface area contributed by atoms with Crippen LogP contribution in [0.5, 0.6) is 0 Å². The van der Waals surface area contributed by atoms with Crippen LogP contribution >= 0.6 is 0 Å². The third-order valence-corrected chi connectivity index (χ3v) is 4.71. The molecule has 3 rings (SSSR count). The summed E-state index contributed by atoms with van der Waals surface area (Å²) in [6.07, 6.45) is 2.72. The van der Waals surface area contributed by atoms with Crippen molar-refractivity contribution in [2.45, 2.75) is 51.3 Å². The van der Waals surface area contributed by atoms with Crippen molar-refractivity contribution in [2.75, 3.05) is 11.9 Å².